The summed E-state index contributed by atoms with van der Waals surface area (Å²) in [7, 11) is 1.82. The summed E-state index contributed by atoms with van der Waals surface area (Å²) in [6.45, 7) is 2.31. The molecule has 0 saturated carbocycles. The molecule has 1 atom stereocenters. The van der Waals surface area contributed by atoms with Gasteiger partial charge in [-0.25, -0.2) is 9.78 Å². The smallest absolute Gasteiger partial charge is 0.407 e. The molecule has 0 saturated heterocycles. The van der Waals surface area contributed by atoms with E-state index < -0.39 is 6.09 Å². The molecule has 0 fully saturated rings. The lowest BCUT2D eigenvalue weighted by Gasteiger charge is -2.22. The van der Waals surface area contributed by atoms with Gasteiger partial charge in [-0.1, -0.05) is 0 Å². The first kappa shape index (κ1) is 16.7. The van der Waals surface area contributed by atoms with Gasteiger partial charge < -0.3 is 15.4 Å². The van der Waals surface area contributed by atoms with Crippen molar-refractivity contribution in [2.75, 3.05) is 12.4 Å². The summed E-state index contributed by atoms with van der Waals surface area (Å²) in [4.78, 5) is 17.4. The van der Waals surface area contributed by atoms with Crippen LogP contribution in [0.25, 0.3) is 0 Å². The van der Waals surface area contributed by atoms with Crippen LogP contribution in [0.5, 0.6) is 0 Å². The van der Waals surface area contributed by atoms with E-state index in [0.717, 1.165) is 44.5 Å². The number of carbonyl (C=O) groups excluding carboxylic acids is 1. The Balaban J connectivity index is 1.57. The summed E-state index contributed by atoms with van der Waals surface area (Å²) in [6.07, 6.45) is 1.61. The van der Waals surface area contributed by atoms with Crippen molar-refractivity contribution in [2.24, 2.45) is 0 Å². The fraction of sp³-hybridized carbons (Fsp3) is 0.438. The highest BCUT2D eigenvalue weighted by Gasteiger charge is 2.27. The number of thiazole rings is 1. The van der Waals surface area contributed by atoms with Gasteiger partial charge in [0.15, 0.2) is 0 Å². The number of nitrogens with one attached hydrogen (secondary N) is 2. The molecule has 1 unspecified atom stereocenters. The Labute approximate surface area is 148 Å². The van der Waals surface area contributed by atoms with Crippen LogP contribution in [-0.4, -0.2) is 24.2 Å². The van der Waals surface area contributed by atoms with E-state index in [4.69, 9.17) is 4.74 Å². The van der Waals surface area contributed by atoms with E-state index in [2.05, 4.69) is 21.7 Å². The zero-order valence-corrected chi connectivity index (χ0v) is 15.1. The first-order valence-corrected chi connectivity index (χ1v) is 9.38. The molecule has 1 aliphatic carbocycles. The number of aryl methyl sites for hydroxylation is 1. The molecule has 8 heteroatoms. The molecule has 2 heterocycles. The largest absolute Gasteiger partial charge is 0.446 e. The number of hydrogen-bond donors (Lipinski definition) is 2. The number of nitriles is 1. The van der Waals surface area contributed by atoms with Gasteiger partial charge in [0.25, 0.3) is 0 Å². The number of amides is 1. The van der Waals surface area contributed by atoms with Gasteiger partial charge in [0.1, 0.15) is 17.2 Å². The second-order valence-electron chi connectivity index (χ2n) is 5.55. The van der Waals surface area contributed by atoms with E-state index >= 15 is 0 Å². The van der Waals surface area contributed by atoms with Crippen molar-refractivity contribution >= 4 is 33.8 Å². The van der Waals surface area contributed by atoms with Gasteiger partial charge >= 0.3 is 6.09 Å². The summed E-state index contributed by atoms with van der Waals surface area (Å²) >= 11 is 3.13. The van der Waals surface area contributed by atoms with Gasteiger partial charge in [0.2, 0.25) is 0 Å². The van der Waals surface area contributed by atoms with Gasteiger partial charge in [-0.05, 0) is 25.3 Å². The molecule has 1 amide bonds. The summed E-state index contributed by atoms with van der Waals surface area (Å²) in [5.41, 5.74) is 2.68. The number of thiophene rings is 1. The summed E-state index contributed by atoms with van der Waals surface area (Å²) in [6, 6.07) is 2.27. The molecule has 126 valence electrons. The molecule has 6 nitrogen and oxygen atoms in total. The highest BCUT2D eigenvalue weighted by molar-refractivity contribution is 7.16. The number of alkyl carbamates (subject to hydrolysis) is 1. The molecule has 3 rings (SSSR count). The van der Waals surface area contributed by atoms with Crippen molar-refractivity contribution in [2.45, 2.75) is 38.8 Å². The molecule has 0 radical (unpaired) electrons. The fourth-order valence-corrected chi connectivity index (χ4v) is 4.62. The Morgan fingerprint density at radius 2 is 2.42 bits per heavy atom. The molecule has 2 aromatic rings. The van der Waals surface area contributed by atoms with Crippen LogP contribution in [0.3, 0.4) is 0 Å². The van der Waals surface area contributed by atoms with Crippen LogP contribution < -0.4 is 10.6 Å². The second kappa shape index (κ2) is 7.20. The molecule has 0 bridgehead atoms. The minimum Gasteiger partial charge on any atom is -0.446 e. The SMILES string of the molecule is CNc1sc2c(c1C#N)CCC(OC(=O)NCc1csc(C)n1)C2. The van der Waals surface area contributed by atoms with E-state index in [1.165, 1.54) is 0 Å². The lowest BCUT2D eigenvalue weighted by molar-refractivity contribution is 0.0897. The number of hydrogen-bond acceptors (Lipinski definition) is 7. The summed E-state index contributed by atoms with van der Waals surface area (Å²) in [5.74, 6) is 0. The molecule has 0 spiro atoms. The third kappa shape index (κ3) is 3.52. The zero-order chi connectivity index (χ0) is 17.1. The number of aromatic nitrogens is 1. The molecule has 24 heavy (non-hydrogen) atoms. The Kier molecular flexibility index (Phi) is 5.02. The maximum absolute atomic E-state index is 12.0. The zero-order valence-electron chi connectivity index (χ0n) is 13.5. The second-order valence-corrected chi connectivity index (χ2v) is 7.72. The van der Waals surface area contributed by atoms with Crippen LogP contribution in [0.2, 0.25) is 0 Å². The maximum Gasteiger partial charge on any atom is 0.407 e. The summed E-state index contributed by atoms with van der Waals surface area (Å²) < 4.78 is 5.52. The van der Waals surface area contributed by atoms with Gasteiger partial charge in [-0.15, -0.1) is 22.7 Å². The van der Waals surface area contributed by atoms with Crippen LogP contribution in [0.15, 0.2) is 5.38 Å². The van der Waals surface area contributed by atoms with Crippen molar-refractivity contribution in [1.29, 1.82) is 5.26 Å². The third-order valence-corrected chi connectivity index (χ3v) is 6.01. The number of ether oxygens (including phenoxy) is 1. The van der Waals surface area contributed by atoms with Gasteiger partial charge in [-0.3, -0.25) is 0 Å². The molecule has 2 aromatic heterocycles. The number of rotatable bonds is 4. The van der Waals surface area contributed by atoms with E-state index in [1.807, 2.05) is 19.4 Å². The Hall–Kier alpha value is -2.11. The van der Waals surface area contributed by atoms with Crippen LogP contribution >= 0.6 is 22.7 Å². The minimum atomic E-state index is -0.417. The molecule has 1 aliphatic rings. The van der Waals surface area contributed by atoms with Crippen LogP contribution in [0, 0.1) is 18.3 Å². The van der Waals surface area contributed by atoms with Gasteiger partial charge in [-0.2, -0.15) is 5.26 Å². The number of carbonyl (C=O) groups is 1. The normalized spacial score (nSPS) is 16.1. The van der Waals surface area contributed by atoms with E-state index in [1.54, 1.807) is 22.7 Å². The van der Waals surface area contributed by atoms with Crippen LogP contribution in [0.1, 0.15) is 33.1 Å². The molecule has 2 N–H and O–H groups in total. The fourth-order valence-electron chi connectivity index (χ4n) is 2.80. The average Bonchev–Trinajstić information content (AvgIpc) is 3.15. The van der Waals surface area contributed by atoms with E-state index in [-0.39, 0.29) is 6.10 Å². The van der Waals surface area contributed by atoms with Crippen LogP contribution in [-0.2, 0) is 24.1 Å². The first-order valence-electron chi connectivity index (χ1n) is 7.68. The quantitative estimate of drug-likeness (QED) is 0.872. The molecular formula is C16H18N4O2S2. The molecule has 0 aliphatic heterocycles. The molecule has 0 aromatic carbocycles. The van der Waals surface area contributed by atoms with E-state index in [0.29, 0.717) is 13.0 Å². The minimum absolute atomic E-state index is 0.149. The van der Waals surface area contributed by atoms with E-state index in [9.17, 15) is 10.1 Å². The lowest BCUT2D eigenvalue weighted by Crippen LogP contribution is -2.31. The average molecular weight is 362 g/mol. The number of fused-ring (bicyclic) bond motifs is 1. The Morgan fingerprint density at radius 3 is 3.08 bits per heavy atom. The summed E-state index contributed by atoms with van der Waals surface area (Å²) in [5, 5.41) is 18.9. The van der Waals surface area contributed by atoms with Gasteiger partial charge in [0.05, 0.1) is 22.8 Å². The van der Waals surface area contributed by atoms with Crippen molar-refractivity contribution < 1.29 is 9.53 Å². The first-order chi connectivity index (χ1) is 11.6. The van der Waals surface area contributed by atoms with Gasteiger partial charge in [0, 0.05) is 23.7 Å². The predicted octanol–water partition coefficient (Wildman–Crippen LogP) is 3.21. The van der Waals surface area contributed by atoms with Crippen molar-refractivity contribution in [3.8, 4) is 6.07 Å². The standard InChI is InChI=1S/C16H18N4O2S2/c1-9-20-10(8-23-9)7-19-16(21)22-11-3-4-12-13(6-17)15(18-2)24-14(12)5-11/h8,11,18H,3-5,7H2,1-2H3,(H,19,21). The van der Waals surface area contributed by atoms with Crippen molar-refractivity contribution in [1.82, 2.24) is 10.3 Å². The third-order valence-electron chi connectivity index (χ3n) is 3.91. The number of anilines is 1. The Bertz CT molecular complexity index is 791. The molecular weight excluding hydrogens is 344 g/mol. The highest BCUT2D eigenvalue weighted by Crippen LogP contribution is 2.38. The Morgan fingerprint density at radius 1 is 1.58 bits per heavy atom. The topological polar surface area (TPSA) is 87.0 Å². The van der Waals surface area contributed by atoms with Crippen molar-refractivity contribution in [3.63, 3.8) is 0 Å². The number of nitrogens with zero attached hydrogens (tertiary/aromatic N) is 2. The maximum atomic E-state index is 12.0. The lowest BCUT2D eigenvalue weighted by atomic mass is 9.94. The van der Waals surface area contributed by atoms with Crippen molar-refractivity contribution in [3.05, 3.63) is 32.1 Å². The predicted molar refractivity (Wildman–Crippen MR) is 94.6 cm³/mol. The van der Waals surface area contributed by atoms with Crippen LogP contribution in [0.4, 0.5) is 9.80 Å². The highest BCUT2D eigenvalue weighted by atomic mass is 32.1. The monoisotopic (exact) mass is 362 g/mol.